The molecule has 1 aliphatic heterocycles. The molecule has 0 amide bonds. The molecule has 0 radical (unpaired) electrons. The van der Waals surface area contributed by atoms with Crippen LogP contribution >= 0.6 is 11.8 Å². The molecule has 0 bridgehead atoms. The minimum atomic E-state index is -3.07. The lowest BCUT2D eigenvalue weighted by atomic mass is 9.83. The first-order chi connectivity index (χ1) is 9.86. The molecule has 1 saturated heterocycles. The number of sulfone groups is 1. The van der Waals surface area contributed by atoms with E-state index in [9.17, 15) is 8.42 Å². The third-order valence-corrected chi connectivity index (χ3v) is 8.26. The first kappa shape index (κ1) is 19.3. The molecule has 4 nitrogen and oxygen atoms in total. The van der Waals surface area contributed by atoms with Crippen molar-refractivity contribution in [3.05, 3.63) is 0 Å². The van der Waals surface area contributed by atoms with Crippen LogP contribution < -0.4 is 5.73 Å². The average Bonchev–Trinajstić information content (AvgIpc) is 2.52. The maximum Gasteiger partial charge on any atom is 0.166 e. The predicted molar refractivity (Wildman–Crippen MR) is 93.4 cm³/mol. The van der Waals surface area contributed by atoms with Crippen LogP contribution in [0.15, 0.2) is 0 Å². The zero-order valence-electron chi connectivity index (χ0n) is 14.0. The zero-order valence-corrected chi connectivity index (χ0v) is 15.6. The van der Waals surface area contributed by atoms with E-state index in [4.69, 9.17) is 5.73 Å². The summed E-state index contributed by atoms with van der Waals surface area (Å²) in [5, 5.41) is -0.367. The Morgan fingerprint density at radius 1 is 1.38 bits per heavy atom. The van der Waals surface area contributed by atoms with Crippen molar-refractivity contribution in [3.8, 4) is 0 Å². The Hall–Kier alpha value is 0.220. The van der Waals surface area contributed by atoms with Gasteiger partial charge in [-0.3, -0.25) is 4.90 Å². The summed E-state index contributed by atoms with van der Waals surface area (Å²) < 4.78 is 25.0. The molecule has 1 rings (SSSR count). The number of hydrogen-bond donors (Lipinski definition) is 1. The van der Waals surface area contributed by atoms with Crippen molar-refractivity contribution in [3.63, 3.8) is 0 Å². The van der Waals surface area contributed by atoms with Gasteiger partial charge in [0, 0.05) is 35.9 Å². The van der Waals surface area contributed by atoms with Crippen LogP contribution in [0.2, 0.25) is 0 Å². The molecule has 3 atom stereocenters. The summed E-state index contributed by atoms with van der Waals surface area (Å²) in [6.45, 7) is 9.68. The van der Waals surface area contributed by atoms with Crippen molar-refractivity contribution < 1.29 is 8.42 Å². The lowest BCUT2D eigenvalue weighted by Crippen LogP contribution is -2.63. The molecular formula is C15H32N2O2S2. The summed E-state index contributed by atoms with van der Waals surface area (Å²) in [5.74, 6) is 2.45. The lowest BCUT2D eigenvalue weighted by molar-refractivity contribution is 0.0617. The monoisotopic (exact) mass is 336 g/mol. The van der Waals surface area contributed by atoms with Gasteiger partial charge in [0.05, 0.1) is 0 Å². The van der Waals surface area contributed by atoms with Gasteiger partial charge >= 0.3 is 0 Å². The summed E-state index contributed by atoms with van der Waals surface area (Å²) in [6, 6.07) is 0. The van der Waals surface area contributed by atoms with Gasteiger partial charge in [-0.05, 0) is 18.8 Å². The average molecular weight is 337 g/mol. The Balaban J connectivity index is 3.13. The van der Waals surface area contributed by atoms with Gasteiger partial charge in [0.25, 0.3) is 0 Å². The molecule has 0 aromatic rings. The van der Waals surface area contributed by atoms with E-state index in [1.807, 2.05) is 0 Å². The highest BCUT2D eigenvalue weighted by atomic mass is 32.2. The maximum absolute atomic E-state index is 12.5. The highest BCUT2D eigenvalue weighted by Gasteiger charge is 2.44. The fourth-order valence-electron chi connectivity index (χ4n) is 3.22. The predicted octanol–water partition coefficient (Wildman–Crippen LogP) is 2.34. The normalized spacial score (nSPS) is 25.5. The molecule has 1 heterocycles. The van der Waals surface area contributed by atoms with Gasteiger partial charge in [0.2, 0.25) is 0 Å². The number of rotatable bonds is 8. The molecule has 0 aromatic heterocycles. The summed E-state index contributed by atoms with van der Waals surface area (Å²) in [4.78, 5) is 2.23. The quantitative estimate of drug-likeness (QED) is 0.737. The van der Waals surface area contributed by atoms with E-state index in [1.54, 1.807) is 18.7 Å². The van der Waals surface area contributed by atoms with Gasteiger partial charge < -0.3 is 5.73 Å². The molecule has 0 aromatic carbocycles. The van der Waals surface area contributed by atoms with Crippen molar-refractivity contribution in [2.75, 3.05) is 30.3 Å². The van der Waals surface area contributed by atoms with Crippen LogP contribution in [-0.4, -0.2) is 54.6 Å². The molecule has 6 heteroatoms. The molecule has 1 aliphatic rings. The van der Waals surface area contributed by atoms with Crippen LogP contribution in [0.1, 0.15) is 47.0 Å². The molecule has 0 spiro atoms. The molecule has 0 aliphatic carbocycles. The van der Waals surface area contributed by atoms with Gasteiger partial charge in [-0.2, -0.15) is 11.8 Å². The second-order valence-electron chi connectivity index (χ2n) is 6.17. The Morgan fingerprint density at radius 3 is 2.52 bits per heavy atom. The summed E-state index contributed by atoms with van der Waals surface area (Å²) in [5.41, 5.74) is 5.98. The summed E-state index contributed by atoms with van der Waals surface area (Å²) in [7, 11) is -3.07. The SMILES string of the molecule is CCC(C)CC(CC)(CN)N1CCSCC1S(=O)(=O)CC. The van der Waals surface area contributed by atoms with Crippen LogP contribution in [0.25, 0.3) is 0 Å². The zero-order chi connectivity index (χ0) is 16.1. The van der Waals surface area contributed by atoms with Crippen molar-refractivity contribution >= 4 is 21.6 Å². The first-order valence-corrected chi connectivity index (χ1v) is 11.0. The highest BCUT2D eigenvalue weighted by Crippen LogP contribution is 2.35. The second-order valence-corrected chi connectivity index (χ2v) is 9.77. The summed E-state index contributed by atoms with van der Waals surface area (Å²) >= 11 is 1.75. The molecule has 3 unspecified atom stereocenters. The Morgan fingerprint density at radius 2 is 2.05 bits per heavy atom. The van der Waals surface area contributed by atoms with E-state index in [-0.39, 0.29) is 16.7 Å². The molecule has 0 saturated carbocycles. The fourth-order valence-corrected chi connectivity index (χ4v) is 6.31. The van der Waals surface area contributed by atoms with Gasteiger partial charge in [-0.15, -0.1) is 0 Å². The Bertz CT molecular complexity index is 408. The Kier molecular flexibility index (Phi) is 7.50. The van der Waals surface area contributed by atoms with Crippen LogP contribution in [0.5, 0.6) is 0 Å². The number of thioether (sulfide) groups is 1. The Labute approximate surface area is 135 Å². The van der Waals surface area contributed by atoms with Crippen LogP contribution in [0.4, 0.5) is 0 Å². The van der Waals surface area contributed by atoms with E-state index in [0.717, 1.165) is 31.6 Å². The van der Waals surface area contributed by atoms with Crippen molar-refractivity contribution in [1.82, 2.24) is 4.90 Å². The van der Waals surface area contributed by atoms with Crippen molar-refractivity contribution in [2.45, 2.75) is 57.9 Å². The van der Waals surface area contributed by atoms with Crippen LogP contribution in [0, 0.1) is 5.92 Å². The van der Waals surface area contributed by atoms with Crippen LogP contribution in [-0.2, 0) is 9.84 Å². The smallest absolute Gasteiger partial charge is 0.166 e. The number of nitrogens with two attached hydrogens (primary N) is 1. The molecule has 126 valence electrons. The van der Waals surface area contributed by atoms with E-state index in [0.29, 0.717) is 18.2 Å². The molecule has 1 fully saturated rings. The topological polar surface area (TPSA) is 63.4 Å². The maximum atomic E-state index is 12.5. The van der Waals surface area contributed by atoms with E-state index in [2.05, 4.69) is 25.7 Å². The van der Waals surface area contributed by atoms with Crippen LogP contribution in [0.3, 0.4) is 0 Å². The van der Waals surface area contributed by atoms with E-state index in [1.165, 1.54) is 0 Å². The third-order valence-electron chi connectivity index (χ3n) is 4.97. The number of hydrogen-bond acceptors (Lipinski definition) is 5. The summed E-state index contributed by atoms with van der Waals surface area (Å²) in [6.07, 6.45) is 3.00. The van der Waals surface area contributed by atoms with E-state index < -0.39 is 9.84 Å². The van der Waals surface area contributed by atoms with Crippen molar-refractivity contribution in [1.29, 1.82) is 0 Å². The minimum absolute atomic E-state index is 0.177. The van der Waals surface area contributed by atoms with Gasteiger partial charge in [0.15, 0.2) is 9.84 Å². The molecule has 21 heavy (non-hydrogen) atoms. The van der Waals surface area contributed by atoms with Gasteiger partial charge in [-0.1, -0.05) is 34.1 Å². The molecule has 2 N–H and O–H groups in total. The minimum Gasteiger partial charge on any atom is -0.329 e. The largest absolute Gasteiger partial charge is 0.329 e. The fraction of sp³-hybridized carbons (Fsp3) is 1.00. The van der Waals surface area contributed by atoms with E-state index >= 15 is 0 Å². The second kappa shape index (κ2) is 8.18. The van der Waals surface area contributed by atoms with Crippen molar-refractivity contribution in [2.24, 2.45) is 11.7 Å². The van der Waals surface area contributed by atoms with Gasteiger partial charge in [-0.25, -0.2) is 8.42 Å². The molecular weight excluding hydrogens is 304 g/mol. The number of nitrogens with zero attached hydrogens (tertiary/aromatic N) is 1. The third kappa shape index (κ3) is 4.36. The van der Waals surface area contributed by atoms with Gasteiger partial charge in [0.1, 0.15) is 5.37 Å². The lowest BCUT2D eigenvalue weighted by Gasteiger charge is -2.49. The first-order valence-electron chi connectivity index (χ1n) is 8.13. The highest BCUT2D eigenvalue weighted by molar-refractivity contribution is 8.01. The standard InChI is InChI=1S/C15H32N2O2S2/c1-5-13(4)10-15(6-2,12-16)17-8-9-20-11-14(17)21(18,19)7-3/h13-14H,5-12,16H2,1-4H3.